The van der Waals surface area contributed by atoms with Crippen LogP contribution in [0.5, 0.6) is 0 Å². The summed E-state index contributed by atoms with van der Waals surface area (Å²) in [4.78, 5) is 21.8. The van der Waals surface area contributed by atoms with E-state index in [0.29, 0.717) is 23.5 Å². The third kappa shape index (κ3) is 5.45. The molecule has 3 aliphatic heterocycles. The highest BCUT2D eigenvalue weighted by atomic mass is 32.2. The summed E-state index contributed by atoms with van der Waals surface area (Å²) in [5, 5.41) is 12.8. The van der Waals surface area contributed by atoms with E-state index in [0.717, 1.165) is 61.1 Å². The van der Waals surface area contributed by atoms with Gasteiger partial charge in [0.05, 0.1) is 10.9 Å². The van der Waals surface area contributed by atoms with Crippen molar-refractivity contribution in [2.75, 3.05) is 32.7 Å². The predicted octanol–water partition coefficient (Wildman–Crippen LogP) is 4.72. The Morgan fingerprint density at radius 1 is 1.35 bits per heavy atom. The van der Waals surface area contributed by atoms with Gasteiger partial charge in [0.25, 0.3) is 0 Å². The fraction of sp³-hybridized carbons (Fsp3) is 0.542. The van der Waals surface area contributed by atoms with Gasteiger partial charge in [0.15, 0.2) is 5.17 Å². The van der Waals surface area contributed by atoms with Gasteiger partial charge in [-0.3, -0.25) is 5.01 Å². The normalized spacial score (nSPS) is 24.8. The first kappa shape index (κ1) is 25.1. The topological polar surface area (TPSA) is 71.4 Å². The van der Waals surface area contributed by atoms with E-state index in [1.165, 1.54) is 28.8 Å². The van der Waals surface area contributed by atoms with Crippen molar-refractivity contribution in [3.05, 3.63) is 40.0 Å². The summed E-state index contributed by atoms with van der Waals surface area (Å²) in [5.41, 5.74) is 4.81. The molecule has 0 saturated carbocycles. The molecule has 0 bridgehead atoms. The SMILES string of the molecule is CCN(CC)C1CCN(C(=O)O)C(c2cc(F)ccc2/C=C2\SC(N3CCCCN3)=NC2=S)C1. The number of hydrogen-bond acceptors (Lipinski definition) is 6. The minimum absolute atomic E-state index is 0.251. The van der Waals surface area contributed by atoms with Crippen molar-refractivity contribution in [2.45, 2.75) is 51.6 Å². The van der Waals surface area contributed by atoms with Crippen LogP contribution in [0, 0.1) is 5.82 Å². The molecule has 3 heterocycles. The summed E-state index contributed by atoms with van der Waals surface area (Å²) in [6.07, 6.45) is 4.60. The summed E-state index contributed by atoms with van der Waals surface area (Å²) in [6.45, 7) is 8.25. The average molecular weight is 506 g/mol. The number of nitrogens with one attached hydrogen (secondary N) is 1. The molecule has 2 fully saturated rings. The Balaban J connectivity index is 1.64. The minimum atomic E-state index is -0.974. The smallest absolute Gasteiger partial charge is 0.407 e. The molecule has 4 rings (SSSR count). The summed E-state index contributed by atoms with van der Waals surface area (Å²) >= 11 is 7.05. The maximum absolute atomic E-state index is 14.4. The van der Waals surface area contributed by atoms with Gasteiger partial charge in [-0.1, -0.05) is 32.1 Å². The number of likely N-dealkylation sites (tertiary alicyclic amines) is 1. The first-order chi connectivity index (χ1) is 16.4. The van der Waals surface area contributed by atoms with Gasteiger partial charge in [-0.25, -0.2) is 19.6 Å². The number of hydrazine groups is 1. The van der Waals surface area contributed by atoms with Crippen molar-refractivity contribution in [1.29, 1.82) is 0 Å². The fourth-order valence-corrected chi connectivity index (χ4v) is 6.26. The Morgan fingerprint density at radius 2 is 2.15 bits per heavy atom. The number of halogens is 1. The van der Waals surface area contributed by atoms with E-state index in [-0.39, 0.29) is 11.9 Å². The number of thiocarbonyl (C=S) groups is 1. The maximum Gasteiger partial charge on any atom is 0.407 e. The quantitative estimate of drug-likeness (QED) is 0.443. The van der Waals surface area contributed by atoms with Crippen LogP contribution < -0.4 is 5.43 Å². The van der Waals surface area contributed by atoms with Crippen molar-refractivity contribution < 1.29 is 14.3 Å². The Morgan fingerprint density at radius 3 is 2.82 bits per heavy atom. The summed E-state index contributed by atoms with van der Waals surface area (Å²) in [7, 11) is 0. The Labute approximate surface area is 210 Å². The van der Waals surface area contributed by atoms with Crippen LogP contribution in [0.3, 0.4) is 0 Å². The van der Waals surface area contributed by atoms with Crippen LogP contribution in [0.15, 0.2) is 28.1 Å². The molecule has 2 saturated heterocycles. The predicted molar refractivity (Wildman–Crippen MR) is 139 cm³/mol. The molecule has 1 aromatic carbocycles. The molecule has 7 nitrogen and oxygen atoms in total. The van der Waals surface area contributed by atoms with Crippen LogP contribution in [0.1, 0.15) is 56.7 Å². The summed E-state index contributed by atoms with van der Waals surface area (Å²) in [5.74, 6) is -0.372. The average Bonchev–Trinajstić information content (AvgIpc) is 3.21. The lowest BCUT2D eigenvalue weighted by Gasteiger charge is -2.42. The molecule has 184 valence electrons. The van der Waals surface area contributed by atoms with E-state index in [4.69, 9.17) is 12.2 Å². The van der Waals surface area contributed by atoms with Crippen LogP contribution in [0.2, 0.25) is 0 Å². The van der Waals surface area contributed by atoms with Gasteiger partial charge in [-0.05, 0) is 79.9 Å². The highest BCUT2D eigenvalue weighted by Crippen LogP contribution is 2.38. The highest BCUT2D eigenvalue weighted by molar-refractivity contribution is 8.19. The third-order valence-corrected chi connectivity index (χ3v) is 8.26. The number of amidine groups is 1. The van der Waals surface area contributed by atoms with E-state index >= 15 is 0 Å². The van der Waals surface area contributed by atoms with Crippen LogP contribution in [-0.4, -0.2) is 74.9 Å². The number of carbonyl (C=O) groups is 1. The zero-order valence-electron chi connectivity index (χ0n) is 19.7. The molecule has 0 aromatic heterocycles. The number of aliphatic imine (C=N–C) groups is 1. The van der Waals surface area contributed by atoms with E-state index in [9.17, 15) is 14.3 Å². The lowest BCUT2D eigenvalue weighted by atomic mass is 9.88. The first-order valence-electron chi connectivity index (χ1n) is 12.0. The summed E-state index contributed by atoms with van der Waals surface area (Å²) < 4.78 is 14.4. The third-order valence-electron chi connectivity index (χ3n) is 6.79. The van der Waals surface area contributed by atoms with Crippen molar-refractivity contribution >= 4 is 46.3 Å². The number of thioether (sulfide) groups is 1. The molecule has 2 atom stereocenters. The van der Waals surface area contributed by atoms with Gasteiger partial charge < -0.3 is 14.9 Å². The zero-order valence-corrected chi connectivity index (χ0v) is 21.3. The van der Waals surface area contributed by atoms with Gasteiger partial charge in [0, 0.05) is 25.7 Å². The van der Waals surface area contributed by atoms with Crippen LogP contribution in [0.4, 0.5) is 9.18 Å². The van der Waals surface area contributed by atoms with Gasteiger partial charge in [-0.2, -0.15) is 0 Å². The number of piperidine rings is 1. The fourth-order valence-electron chi connectivity index (χ4n) is 5.01. The minimum Gasteiger partial charge on any atom is -0.465 e. The van der Waals surface area contributed by atoms with E-state index < -0.39 is 12.1 Å². The van der Waals surface area contributed by atoms with Crippen molar-refractivity contribution in [1.82, 2.24) is 20.2 Å². The molecule has 10 heteroatoms. The number of rotatable bonds is 5. The highest BCUT2D eigenvalue weighted by Gasteiger charge is 2.36. The van der Waals surface area contributed by atoms with Crippen LogP contribution >= 0.6 is 24.0 Å². The molecule has 0 radical (unpaired) electrons. The molecule has 2 N–H and O–H groups in total. The Hall–Kier alpha value is -2.01. The second-order valence-electron chi connectivity index (χ2n) is 8.74. The molecule has 0 spiro atoms. The van der Waals surface area contributed by atoms with E-state index in [1.807, 2.05) is 11.1 Å². The molecule has 1 aromatic rings. The lowest BCUT2D eigenvalue weighted by molar-refractivity contribution is 0.0645. The molecule has 3 aliphatic rings. The van der Waals surface area contributed by atoms with Crippen molar-refractivity contribution in [3.63, 3.8) is 0 Å². The monoisotopic (exact) mass is 505 g/mol. The molecular weight excluding hydrogens is 473 g/mol. The zero-order chi connectivity index (χ0) is 24.2. The second kappa shape index (κ2) is 11.2. The van der Waals surface area contributed by atoms with Gasteiger partial charge in [-0.15, -0.1) is 0 Å². The second-order valence-corrected chi connectivity index (χ2v) is 10.1. The molecule has 0 aliphatic carbocycles. The van der Waals surface area contributed by atoms with Gasteiger partial charge in [0.2, 0.25) is 0 Å². The van der Waals surface area contributed by atoms with Crippen LogP contribution in [-0.2, 0) is 0 Å². The largest absolute Gasteiger partial charge is 0.465 e. The first-order valence-corrected chi connectivity index (χ1v) is 13.2. The number of amides is 1. The van der Waals surface area contributed by atoms with Gasteiger partial charge in [0.1, 0.15) is 10.8 Å². The number of nitrogens with zero attached hydrogens (tertiary/aromatic N) is 4. The molecule has 1 amide bonds. The number of hydrogen-bond donors (Lipinski definition) is 2. The number of carboxylic acid groups (broad SMARTS) is 1. The van der Waals surface area contributed by atoms with Gasteiger partial charge >= 0.3 is 6.09 Å². The van der Waals surface area contributed by atoms with Crippen LogP contribution in [0.25, 0.3) is 6.08 Å². The standard InChI is InChI=1S/C24H32FN5O2S2/c1-3-28(4-2)18-9-12-29(24(31)32)20(15-18)19-14-17(25)8-7-16(19)13-21-22(33)27-23(34-21)30-11-6-5-10-26-30/h7-8,13-14,18,20,26H,3-6,9-12,15H2,1-2H3,(H,31,32)/b21-13-. The van der Waals surface area contributed by atoms with E-state index in [1.54, 1.807) is 6.07 Å². The van der Waals surface area contributed by atoms with Crippen molar-refractivity contribution in [2.24, 2.45) is 4.99 Å². The summed E-state index contributed by atoms with van der Waals surface area (Å²) in [6, 6.07) is 4.44. The molecule has 2 unspecified atom stereocenters. The van der Waals surface area contributed by atoms with Crippen molar-refractivity contribution in [3.8, 4) is 0 Å². The Kier molecular flexibility index (Phi) is 8.23. The molecular formula is C24H32FN5O2S2. The lowest BCUT2D eigenvalue weighted by Crippen LogP contribution is -2.48. The Bertz CT molecular complexity index is 992. The number of benzene rings is 1. The van der Waals surface area contributed by atoms with E-state index in [2.05, 4.69) is 29.2 Å². The maximum atomic E-state index is 14.4. The molecule has 34 heavy (non-hydrogen) atoms.